The van der Waals surface area contributed by atoms with Gasteiger partial charge in [0.1, 0.15) is 0 Å². The standard InChI is InChI=1S/C10H6F6O2/c11-9(12,13)7-1-5(3-17)2-8(6(7)4-18)10(14,15)16/h1-2,4,17H,3H2. The predicted octanol–water partition coefficient (Wildman–Crippen LogP) is 3.03. The van der Waals surface area contributed by atoms with Crippen LogP contribution < -0.4 is 0 Å². The Hall–Kier alpha value is -1.57. The maximum Gasteiger partial charge on any atom is 0.417 e. The van der Waals surface area contributed by atoms with E-state index in [4.69, 9.17) is 5.11 Å². The number of hydrogen-bond acceptors (Lipinski definition) is 2. The lowest BCUT2D eigenvalue weighted by Gasteiger charge is -2.16. The molecule has 0 radical (unpaired) electrons. The fourth-order valence-electron chi connectivity index (χ4n) is 1.40. The Morgan fingerprint density at radius 1 is 1.00 bits per heavy atom. The van der Waals surface area contributed by atoms with Gasteiger partial charge in [0.15, 0.2) is 6.29 Å². The van der Waals surface area contributed by atoms with Gasteiger partial charge in [-0.3, -0.25) is 4.79 Å². The van der Waals surface area contributed by atoms with Crippen molar-refractivity contribution in [3.8, 4) is 0 Å². The molecule has 0 fully saturated rings. The highest BCUT2D eigenvalue weighted by Gasteiger charge is 2.41. The highest BCUT2D eigenvalue weighted by atomic mass is 19.4. The zero-order chi connectivity index (χ0) is 14.1. The first-order chi connectivity index (χ1) is 8.11. The van der Waals surface area contributed by atoms with E-state index < -0.39 is 47.5 Å². The summed E-state index contributed by atoms with van der Waals surface area (Å²) in [6.07, 6.45) is -10.7. The van der Waals surface area contributed by atoms with Crippen molar-refractivity contribution in [3.05, 3.63) is 34.4 Å². The molecule has 0 aliphatic heterocycles. The van der Waals surface area contributed by atoms with Crippen LogP contribution in [0.25, 0.3) is 0 Å². The Labute approximate surface area is 96.8 Å². The van der Waals surface area contributed by atoms with Gasteiger partial charge in [-0.1, -0.05) is 0 Å². The predicted molar refractivity (Wildman–Crippen MR) is 47.8 cm³/mol. The molecule has 0 heterocycles. The third-order valence-corrected chi connectivity index (χ3v) is 2.15. The zero-order valence-electron chi connectivity index (χ0n) is 8.56. The van der Waals surface area contributed by atoms with Gasteiger partial charge in [-0.05, 0) is 17.7 Å². The van der Waals surface area contributed by atoms with E-state index in [-0.39, 0.29) is 0 Å². The summed E-state index contributed by atoms with van der Waals surface area (Å²) in [5, 5.41) is 8.66. The van der Waals surface area contributed by atoms with Crippen molar-refractivity contribution >= 4 is 6.29 Å². The molecule has 0 atom stereocenters. The first-order valence-electron chi connectivity index (χ1n) is 4.48. The van der Waals surface area contributed by atoms with E-state index in [1.54, 1.807) is 0 Å². The van der Waals surface area contributed by atoms with Crippen LogP contribution in [0, 0.1) is 0 Å². The lowest BCUT2D eigenvalue weighted by Crippen LogP contribution is -2.17. The highest BCUT2D eigenvalue weighted by molar-refractivity contribution is 5.80. The molecular formula is C10H6F6O2. The molecule has 18 heavy (non-hydrogen) atoms. The van der Waals surface area contributed by atoms with Gasteiger partial charge < -0.3 is 5.11 Å². The number of carbonyl (C=O) groups is 1. The summed E-state index contributed by atoms with van der Waals surface area (Å²) < 4.78 is 75.1. The van der Waals surface area contributed by atoms with Crippen molar-refractivity contribution in [1.82, 2.24) is 0 Å². The van der Waals surface area contributed by atoms with Crippen LogP contribution in [0.4, 0.5) is 26.3 Å². The summed E-state index contributed by atoms with van der Waals surface area (Å²) in [5.41, 5.74) is -5.47. The minimum absolute atomic E-state index is 0.318. The molecule has 0 spiro atoms. The Morgan fingerprint density at radius 3 is 1.61 bits per heavy atom. The average Bonchev–Trinajstić information content (AvgIpc) is 2.24. The summed E-state index contributed by atoms with van der Waals surface area (Å²) in [6.45, 7) is -0.995. The number of rotatable bonds is 2. The SMILES string of the molecule is O=Cc1c(C(F)(F)F)cc(CO)cc1C(F)(F)F. The van der Waals surface area contributed by atoms with E-state index in [0.29, 0.717) is 12.1 Å². The van der Waals surface area contributed by atoms with Crippen LogP contribution in [0.2, 0.25) is 0 Å². The van der Waals surface area contributed by atoms with Gasteiger partial charge in [-0.25, -0.2) is 0 Å². The largest absolute Gasteiger partial charge is 0.417 e. The van der Waals surface area contributed by atoms with Crippen molar-refractivity contribution in [2.75, 3.05) is 0 Å². The van der Waals surface area contributed by atoms with Gasteiger partial charge in [0.2, 0.25) is 0 Å². The molecule has 0 aromatic heterocycles. The Balaban J connectivity index is 3.66. The van der Waals surface area contributed by atoms with Crippen LogP contribution in [-0.4, -0.2) is 11.4 Å². The number of alkyl halides is 6. The normalized spacial score (nSPS) is 12.6. The molecule has 0 aliphatic rings. The van der Waals surface area contributed by atoms with Crippen LogP contribution in [0.3, 0.4) is 0 Å². The van der Waals surface area contributed by atoms with E-state index in [0.717, 1.165) is 0 Å². The fraction of sp³-hybridized carbons (Fsp3) is 0.300. The molecule has 2 nitrogen and oxygen atoms in total. The van der Waals surface area contributed by atoms with Crippen molar-refractivity contribution in [2.45, 2.75) is 19.0 Å². The third-order valence-electron chi connectivity index (χ3n) is 2.15. The Kier molecular flexibility index (Phi) is 3.70. The third kappa shape index (κ3) is 2.81. The smallest absolute Gasteiger partial charge is 0.392 e. The molecule has 0 amide bonds. The highest BCUT2D eigenvalue weighted by Crippen LogP contribution is 2.39. The summed E-state index contributed by atoms with van der Waals surface area (Å²) in [4.78, 5) is 10.5. The number of aliphatic hydroxyl groups is 1. The number of aliphatic hydroxyl groups excluding tert-OH is 1. The van der Waals surface area contributed by atoms with Crippen molar-refractivity contribution in [1.29, 1.82) is 0 Å². The Morgan fingerprint density at radius 2 is 1.39 bits per heavy atom. The van der Waals surface area contributed by atoms with E-state index in [9.17, 15) is 31.1 Å². The van der Waals surface area contributed by atoms with Crippen LogP contribution in [0.15, 0.2) is 12.1 Å². The first-order valence-corrected chi connectivity index (χ1v) is 4.48. The van der Waals surface area contributed by atoms with Crippen LogP contribution in [0.5, 0.6) is 0 Å². The second-order valence-corrected chi connectivity index (χ2v) is 3.38. The van der Waals surface area contributed by atoms with Crippen molar-refractivity contribution in [3.63, 3.8) is 0 Å². The van der Waals surface area contributed by atoms with Crippen molar-refractivity contribution < 1.29 is 36.2 Å². The number of hydrogen-bond donors (Lipinski definition) is 1. The van der Waals surface area contributed by atoms with Crippen LogP contribution in [0.1, 0.15) is 27.0 Å². The summed E-state index contributed by atoms with van der Waals surface area (Å²) in [6, 6.07) is 0.637. The molecular weight excluding hydrogens is 266 g/mol. The quantitative estimate of drug-likeness (QED) is 0.663. The molecule has 1 aromatic carbocycles. The van der Waals surface area contributed by atoms with Gasteiger partial charge in [0, 0.05) is 5.56 Å². The number of aldehydes is 1. The molecule has 0 saturated carbocycles. The van der Waals surface area contributed by atoms with Gasteiger partial charge in [0.05, 0.1) is 17.7 Å². The van der Waals surface area contributed by atoms with Gasteiger partial charge in [-0.2, -0.15) is 26.3 Å². The minimum Gasteiger partial charge on any atom is -0.392 e. The molecule has 0 aliphatic carbocycles. The minimum atomic E-state index is -5.11. The molecule has 0 bridgehead atoms. The molecule has 100 valence electrons. The van der Waals surface area contributed by atoms with E-state index in [1.165, 1.54) is 0 Å². The van der Waals surface area contributed by atoms with Gasteiger partial charge in [-0.15, -0.1) is 0 Å². The molecule has 0 saturated heterocycles. The second-order valence-electron chi connectivity index (χ2n) is 3.38. The molecule has 0 unspecified atom stereocenters. The van der Waals surface area contributed by atoms with Crippen LogP contribution >= 0.6 is 0 Å². The molecule has 1 N–H and O–H groups in total. The summed E-state index contributed by atoms with van der Waals surface area (Å²) in [5.74, 6) is 0. The molecule has 1 rings (SSSR count). The lowest BCUT2D eigenvalue weighted by molar-refractivity contribution is -0.143. The monoisotopic (exact) mass is 272 g/mol. The van der Waals surface area contributed by atoms with Gasteiger partial charge >= 0.3 is 12.4 Å². The number of halogens is 6. The van der Waals surface area contributed by atoms with E-state index in [2.05, 4.69) is 0 Å². The topological polar surface area (TPSA) is 37.3 Å². The van der Waals surface area contributed by atoms with E-state index >= 15 is 0 Å². The average molecular weight is 272 g/mol. The molecule has 8 heteroatoms. The molecule has 1 aromatic rings. The summed E-state index contributed by atoms with van der Waals surface area (Å²) >= 11 is 0. The van der Waals surface area contributed by atoms with Crippen molar-refractivity contribution in [2.24, 2.45) is 0 Å². The number of benzene rings is 1. The lowest BCUT2D eigenvalue weighted by atomic mass is 9.97. The summed E-state index contributed by atoms with van der Waals surface area (Å²) in [7, 11) is 0. The zero-order valence-corrected chi connectivity index (χ0v) is 8.56. The van der Waals surface area contributed by atoms with Gasteiger partial charge in [0.25, 0.3) is 0 Å². The Bertz CT molecular complexity index is 425. The second kappa shape index (κ2) is 4.60. The first kappa shape index (κ1) is 14.5. The van der Waals surface area contributed by atoms with Crippen LogP contribution in [-0.2, 0) is 19.0 Å². The maximum absolute atomic E-state index is 12.5. The van der Waals surface area contributed by atoms with E-state index in [1.807, 2.05) is 0 Å². The maximum atomic E-state index is 12.5. The fourth-order valence-corrected chi connectivity index (χ4v) is 1.40. The number of carbonyl (C=O) groups excluding carboxylic acids is 1.